The minimum Gasteiger partial charge on any atom is -0.442 e. The van der Waals surface area contributed by atoms with E-state index in [9.17, 15) is 0 Å². The molecule has 4 nitrogen and oxygen atoms in total. The molecule has 0 aliphatic rings. The predicted molar refractivity (Wildman–Crippen MR) is 139 cm³/mol. The van der Waals surface area contributed by atoms with E-state index in [2.05, 4.69) is 59.3 Å². The largest absolute Gasteiger partial charge is 0.442 e. The first-order valence-electron chi connectivity index (χ1n) is 10.9. The van der Waals surface area contributed by atoms with Crippen molar-refractivity contribution in [3.05, 3.63) is 89.9 Å². The summed E-state index contributed by atoms with van der Waals surface area (Å²) in [6.07, 6.45) is 4.02. The van der Waals surface area contributed by atoms with Crippen molar-refractivity contribution in [1.82, 2.24) is 15.0 Å². The fraction of sp³-hybridized carbons (Fsp3) is 0.269. The van der Waals surface area contributed by atoms with Gasteiger partial charge >= 0.3 is 0 Å². The number of nitrogens with one attached hydrogen (secondary N) is 1. The summed E-state index contributed by atoms with van der Waals surface area (Å²) in [4.78, 5) is 2.33. The Hall–Kier alpha value is -2.68. The molecule has 0 amide bonds. The molecule has 0 spiro atoms. The number of hydrogen-bond donors (Lipinski definition) is 1. The van der Waals surface area contributed by atoms with Gasteiger partial charge in [0.2, 0.25) is 0 Å². The van der Waals surface area contributed by atoms with E-state index in [4.69, 9.17) is 16.3 Å². The minimum absolute atomic E-state index is 0.449. The molecule has 1 N–H and O–H groups in total. The van der Waals surface area contributed by atoms with Crippen LogP contribution >= 0.6 is 20.0 Å². The predicted octanol–water partition coefficient (Wildman–Crippen LogP) is 6.95. The third kappa shape index (κ3) is 6.41. The molecule has 32 heavy (non-hydrogen) atoms. The van der Waals surface area contributed by atoms with Crippen LogP contribution in [0, 0.1) is 6.92 Å². The Labute approximate surface area is 198 Å². The van der Waals surface area contributed by atoms with Gasteiger partial charge in [0.15, 0.2) is 5.88 Å². The lowest BCUT2D eigenvalue weighted by Crippen LogP contribution is -2.24. The van der Waals surface area contributed by atoms with Crippen LogP contribution in [0.15, 0.2) is 73.8 Å². The summed E-state index contributed by atoms with van der Waals surface area (Å²) in [6, 6.07) is 16.1. The fourth-order valence-corrected chi connectivity index (χ4v) is 4.60. The highest BCUT2D eigenvalue weighted by Gasteiger charge is 2.14. The van der Waals surface area contributed by atoms with E-state index in [-0.39, 0.29) is 0 Å². The average Bonchev–Trinajstić information content (AvgIpc) is 3.29. The molecule has 0 saturated heterocycles. The van der Waals surface area contributed by atoms with Gasteiger partial charge in [-0.1, -0.05) is 54.6 Å². The first kappa shape index (κ1) is 24.0. The molecule has 0 fully saturated rings. The van der Waals surface area contributed by atoms with Gasteiger partial charge in [-0.15, -0.1) is 0 Å². The molecule has 0 radical (unpaired) electrons. The maximum atomic E-state index is 6.05. The average molecular weight is 468 g/mol. The van der Waals surface area contributed by atoms with Crippen molar-refractivity contribution in [2.45, 2.75) is 26.7 Å². The summed E-state index contributed by atoms with van der Waals surface area (Å²) in [5, 5.41) is 5.18. The number of benzene rings is 2. The summed E-state index contributed by atoms with van der Waals surface area (Å²) in [5.41, 5.74) is 4.47. The van der Waals surface area contributed by atoms with Crippen molar-refractivity contribution in [2.75, 3.05) is 19.6 Å². The van der Waals surface area contributed by atoms with E-state index in [0.717, 1.165) is 55.0 Å². The van der Waals surface area contributed by atoms with E-state index in [1.807, 2.05) is 31.3 Å². The molecule has 1 unspecified atom stereocenters. The van der Waals surface area contributed by atoms with Crippen molar-refractivity contribution in [3.63, 3.8) is 0 Å². The van der Waals surface area contributed by atoms with Crippen molar-refractivity contribution >= 4 is 25.6 Å². The van der Waals surface area contributed by atoms with Gasteiger partial charge in [0.25, 0.3) is 0 Å². The van der Waals surface area contributed by atoms with Crippen LogP contribution < -0.4 is 10.1 Å². The number of hydrogen-bond acceptors (Lipinski definition) is 4. The molecular weight excluding hydrogens is 437 g/mol. The van der Waals surface area contributed by atoms with E-state index in [1.54, 1.807) is 6.07 Å². The van der Waals surface area contributed by atoms with Gasteiger partial charge in [0.05, 0.1) is 0 Å². The van der Waals surface area contributed by atoms with Crippen LogP contribution in [-0.2, 0) is 0 Å². The Bertz CT molecular complexity index is 1050. The Morgan fingerprint density at radius 3 is 2.69 bits per heavy atom. The first-order valence-corrected chi connectivity index (χ1v) is 12.2. The second-order valence-electron chi connectivity index (χ2n) is 7.62. The van der Waals surface area contributed by atoms with Crippen molar-refractivity contribution in [1.29, 1.82) is 0 Å². The summed E-state index contributed by atoms with van der Waals surface area (Å²) >= 11 is 6.05. The molecule has 0 bridgehead atoms. The molecule has 3 rings (SSSR count). The fourth-order valence-electron chi connectivity index (χ4n) is 3.49. The molecule has 1 atom stereocenters. The number of rotatable bonds is 12. The summed E-state index contributed by atoms with van der Waals surface area (Å²) in [7, 11) is 0.449. The van der Waals surface area contributed by atoms with Gasteiger partial charge in [0.1, 0.15) is 5.75 Å². The number of halogens is 1. The highest BCUT2D eigenvalue weighted by atomic mass is 35.5. The number of nitrogens with zero attached hydrogens (tertiary/aromatic N) is 2. The van der Waals surface area contributed by atoms with Crippen LogP contribution in [0.25, 0.3) is 16.6 Å². The van der Waals surface area contributed by atoms with Crippen LogP contribution in [0.5, 0.6) is 5.75 Å². The molecular formula is C26H31ClN3OP. The number of ether oxygens (including phenoxy) is 1. The SMILES string of the molecule is C=C(NCCCCN(CC)C(=C)c1cn[pH]c1-c1ccccc1)Oc1cc(Cl)ccc1C. The quantitative estimate of drug-likeness (QED) is 0.231. The van der Waals surface area contributed by atoms with Crippen molar-refractivity contribution < 1.29 is 4.74 Å². The second kappa shape index (κ2) is 11.8. The Morgan fingerprint density at radius 1 is 1.16 bits per heavy atom. The van der Waals surface area contributed by atoms with Crippen molar-refractivity contribution in [3.8, 4) is 16.6 Å². The van der Waals surface area contributed by atoms with Gasteiger partial charge in [-0.3, -0.25) is 0 Å². The molecule has 0 aliphatic heterocycles. The van der Waals surface area contributed by atoms with Crippen LogP contribution in [0.4, 0.5) is 0 Å². The third-order valence-corrected chi connectivity index (χ3v) is 6.61. The zero-order valence-corrected chi connectivity index (χ0v) is 20.6. The third-order valence-electron chi connectivity index (χ3n) is 5.34. The van der Waals surface area contributed by atoms with Crippen LogP contribution in [-0.4, -0.2) is 29.3 Å². The molecule has 0 saturated carbocycles. The van der Waals surface area contributed by atoms with E-state index >= 15 is 0 Å². The van der Waals surface area contributed by atoms with Gasteiger partial charge in [-0.05, 0) is 64.9 Å². The Kier molecular flexibility index (Phi) is 8.84. The second-order valence-corrected chi connectivity index (χ2v) is 9.04. The Morgan fingerprint density at radius 2 is 1.94 bits per heavy atom. The smallest absolute Gasteiger partial charge is 0.186 e. The lowest BCUT2D eigenvalue weighted by Gasteiger charge is -2.25. The summed E-state index contributed by atoms with van der Waals surface area (Å²) in [5.74, 6) is 1.26. The molecule has 6 heteroatoms. The lowest BCUT2D eigenvalue weighted by molar-refractivity contribution is 0.369. The molecule has 3 aromatic rings. The minimum atomic E-state index is 0.449. The monoisotopic (exact) mass is 467 g/mol. The highest BCUT2D eigenvalue weighted by molar-refractivity contribution is 7.29. The summed E-state index contributed by atoms with van der Waals surface area (Å²) in [6.45, 7) is 15.2. The maximum Gasteiger partial charge on any atom is 0.186 e. The summed E-state index contributed by atoms with van der Waals surface area (Å²) < 4.78 is 10.3. The molecule has 1 heterocycles. The zero-order chi connectivity index (χ0) is 22.9. The van der Waals surface area contributed by atoms with Crippen LogP contribution in [0.2, 0.25) is 5.02 Å². The maximum absolute atomic E-state index is 6.05. The van der Waals surface area contributed by atoms with Crippen LogP contribution in [0.1, 0.15) is 30.9 Å². The van der Waals surface area contributed by atoms with Gasteiger partial charge < -0.3 is 15.0 Å². The van der Waals surface area contributed by atoms with E-state index in [1.165, 1.54) is 10.9 Å². The van der Waals surface area contributed by atoms with Crippen LogP contribution in [0.3, 0.4) is 0 Å². The molecule has 1 aromatic heterocycles. The number of aromatic nitrogens is 1. The van der Waals surface area contributed by atoms with Crippen molar-refractivity contribution in [2.24, 2.45) is 0 Å². The Balaban J connectivity index is 1.46. The van der Waals surface area contributed by atoms with Gasteiger partial charge in [-0.2, -0.15) is 0 Å². The standard InChI is InChI=1S/C26H31ClN3OP/c1-5-30(20(3)24-18-29-32-26(24)22-11-7-6-8-12-22)16-10-9-15-28-21(4)31-25-17-23(27)14-13-19(25)2/h6-8,11-14,17-18,28,32H,3-5,9-10,15-16H2,1-2H3. The number of unbranched alkanes of at least 4 members (excludes halogenated alkanes) is 1. The molecule has 168 valence electrons. The lowest BCUT2D eigenvalue weighted by atomic mass is 10.1. The molecule has 0 aliphatic carbocycles. The molecule has 2 aromatic carbocycles. The normalized spacial score (nSPS) is 10.8. The zero-order valence-electron chi connectivity index (χ0n) is 18.8. The highest BCUT2D eigenvalue weighted by Crippen LogP contribution is 2.35. The van der Waals surface area contributed by atoms with Gasteiger partial charge in [-0.25, -0.2) is 4.75 Å². The number of aryl methyl sites for hydroxylation is 1. The van der Waals surface area contributed by atoms with Gasteiger partial charge in [0, 0.05) is 47.4 Å². The topological polar surface area (TPSA) is 37.4 Å². The first-order chi connectivity index (χ1) is 15.5. The van der Waals surface area contributed by atoms with E-state index < -0.39 is 0 Å². The van der Waals surface area contributed by atoms with E-state index in [0.29, 0.717) is 19.3 Å².